The van der Waals surface area contributed by atoms with Gasteiger partial charge in [0.25, 0.3) is 0 Å². The number of hydrogen-bond donors (Lipinski definition) is 1. The van der Waals surface area contributed by atoms with Crippen molar-refractivity contribution in [3.8, 4) is 0 Å². The molecule has 4 heteroatoms. The fourth-order valence-corrected chi connectivity index (χ4v) is 2.78. The Kier molecular flexibility index (Phi) is 6.32. The molecule has 1 rings (SSSR count). The molecule has 1 saturated carbocycles. The van der Waals surface area contributed by atoms with Crippen molar-refractivity contribution in [1.82, 2.24) is 4.90 Å². The van der Waals surface area contributed by atoms with Gasteiger partial charge >= 0.3 is 5.97 Å². The number of carboxylic acids is 1. The average molecular weight is 269 g/mol. The molecule has 0 bridgehead atoms. The molecular formula is C15H27NO3. The van der Waals surface area contributed by atoms with E-state index in [9.17, 15) is 9.59 Å². The zero-order valence-corrected chi connectivity index (χ0v) is 12.4. The molecule has 1 N–H and O–H groups in total. The summed E-state index contributed by atoms with van der Waals surface area (Å²) in [4.78, 5) is 24.6. The second-order valence-corrected chi connectivity index (χ2v) is 6.21. The van der Waals surface area contributed by atoms with Crippen molar-refractivity contribution in [2.75, 3.05) is 7.05 Å². The summed E-state index contributed by atoms with van der Waals surface area (Å²) >= 11 is 0. The van der Waals surface area contributed by atoms with Gasteiger partial charge in [0, 0.05) is 25.9 Å². The van der Waals surface area contributed by atoms with Crippen molar-refractivity contribution in [2.24, 2.45) is 11.8 Å². The van der Waals surface area contributed by atoms with E-state index in [1.807, 2.05) is 11.9 Å². The second-order valence-electron chi connectivity index (χ2n) is 6.21. The molecule has 0 spiro atoms. The molecule has 1 amide bonds. The van der Waals surface area contributed by atoms with Gasteiger partial charge in [-0.3, -0.25) is 9.59 Å². The maximum absolute atomic E-state index is 12.0. The summed E-state index contributed by atoms with van der Waals surface area (Å²) in [5.41, 5.74) is 0. The van der Waals surface area contributed by atoms with Crippen LogP contribution in [0.1, 0.15) is 58.8 Å². The van der Waals surface area contributed by atoms with Crippen molar-refractivity contribution < 1.29 is 14.7 Å². The lowest BCUT2D eigenvalue weighted by molar-refractivity contribution is -0.139. The topological polar surface area (TPSA) is 57.6 Å². The first kappa shape index (κ1) is 16.0. The Balaban J connectivity index is 2.33. The monoisotopic (exact) mass is 269 g/mol. The molecule has 0 aromatic rings. The number of hydrogen-bond acceptors (Lipinski definition) is 2. The molecule has 19 heavy (non-hydrogen) atoms. The first-order valence-electron chi connectivity index (χ1n) is 7.37. The number of carboxylic acid groups (broad SMARTS) is 1. The molecule has 1 aliphatic carbocycles. The molecule has 0 radical (unpaired) electrons. The third kappa shape index (κ3) is 5.62. The van der Waals surface area contributed by atoms with E-state index in [0.717, 1.165) is 32.1 Å². The van der Waals surface area contributed by atoms with E-state index in [1.54, 1.807) is 0 Å². The smallest absolute Gasteiger partial charge is 0.303 e. The van der Waals surface area contributed by atoms with Crippen molar-refractivity contribution >= 4 is 11.9 Å². The van der Waals surface area contributed by atoms with E-state index in [1.165, 1.54) is 0 Å². The molecule has 0 aromatic heterocycles. The van der Waals surface area contributed by atoms with Crippen LogP contribution < -0.4 is 0 Å². The SMILES string of the molecule is CC(C)CCC(=O)N(C)C1CCC(CC(=O)O)CC1. The summed E-state index contributed by atoms with van der Waals surface area (Å²) in [6, 6.07) is 0.310. The highest BCUT2D eigenvalue weighted by atomic mass is 16.4. The Morgan fingerprint density at radius 1 is 1.21 bits per heavy atom. The standard InChI is InChI=1S/C15H27NO3/c1-11(2)4-9-14(17)16(3)13-7-5-12(6-8-13)10-15(18)19/h11-13H,4-10H2,1-3H3,(H,18,19). The summed E-state index contributed by atoms with van der Waals surface area (Å²) in [5, 5.41) is 8.79. The van der Waals surface area contributed by atoms with Gasteiger partial charge in [-0.15, -0.1) is 0 Å². The van der Waals surface area contributed by atoms with Crippen LogP contribution in [0.25, 0.3) is 0 Å². The van der Waals surface area contributed by atoms with E-state index in [0.29, 0.717) is 24.3 Å². The quantitative estimate of drug-likeness (QED) is 0.806. The Morgan fingerprint density at radius 3 is 2.26 bits per heavy atom. The van der Waals surface area contributed by atoms with E-state index in [2.05, 4.69) is 13.8 Å². The van der Waals surface area contributed by atoms with Gasteiger partial charge < -0.3 is 10.0 Å². The highest BCUT2D eigenvalue weighted by Crippen LogP contribution is 2.29. The molecule has 0 heterocycles. The summed E-state index contributed by atoms with van der Waals surface area (Å²) in [6.07, 6.45) is 5.60. The first-order valence-corrected chi connectivity index (χ1v) is 7.37. The van der Waals surface area contributed by atoms with Crippen LogP contribution >= 0.6 is 0 Å². The number of amides is 1. The number of nitrogens with zero attached hydrogens (tertiary/aromatic N) is 1. The number of rotatable bonds is 6. The minimum Gasteiger partial charge on any atom is -0.481 e. The number of aliphatic carboxylic acids is 1. The van der Waals surface area contributed by atoms with Crippen LogP contribution in [0.2, 0.25) is 0 Å². The molecule has 0 saturated heterocycles. The van der Waals surface area contributed by atoms with Gasteiger partial charge in [-0.25, -0.2) is 0 Å². The summed E-state index contributed by atoms with van der Waals surface area (Å²) in [6.45, 7) is 4.26. The normalized spacial score (nSPS) is 23.4. The van der Waals surface area contributed by atoms with E-state index in [4.69, 9.17) is 5.11 Å². The minimum absolute atomic E-state index is 0.232. The van der Waals surface area contributed by atoms with Gasteiger partial charge in [0.05, 0.1) is 0 Å². The molecule has 110 valence electrons. The highest BCUT2D eigenvalue weighted by molar-refractivity contribution is 5.76. The molecule has 4 nitrogen and oxygen atoms in total. The minimum atomic E-state index is -0.704. The third-order valence-electron chi connectivity index (χ3n) is 4.16. The Hall–Kier alpha value is -1.06. The van der Waals surface area contributed by atoms with E-state index in [-0.39, 0.29) is 12.3 Å². The van der Waals surface area contributed by atoms with Gasteiger partial charge in [-0.05, 0) is 43.9 Å². The van der Waals surface area contributed by atoms with E-state index < -0.39 is 5.97 Å². The van der Waals surface area contributed by atoms with Crippen molar-refractivity contribution in [3.63, 3.8) is 0 Å². The van der Waals surface area contributed by atoms with Gasteiger partial charge in [0.1, 0.15) is 0 Å². The average Bonchev–Trinajstić information content (AvgIpc) is 2.35. The number of carbonyl (C=O) groups is 2. The first-order chi connectivity index (χ1) is 8.90. The predicted molar refractivity (Wildman–Crippen MR) is 74.8 cm³/mol. The number of carbonyl (C=O) groups excluding carboxylic acids is 1. The van der Waals surface area contributed by atoms with Crippen molar-refractivity contribution in [1.29, 1.82) is 0 Å². The molecule has 0 aromatic carbocycles. The molecule has 0 unspecified atom stereocenters. The third-order valence-corrected chi connectivity index (χ3v) is 4.16. The fourth-order valence-electron chi connectivity index (χ4n) is 2.78. The van der Waals surface area contributed by atoms with Crippen LogP contribution in [-0.2, 0) is 9.59 Å². The largest absolute Gasteiger partial charge is 0.481 e. The molecule has 0 aliphatic heterocycles. The van der Waals surface area contributed by atoms with Crippen LogP contribution in [0, 0.1) is 11.8 Å². The lowest BCUT2D eigenvalue weighted by Crippen LogP contribution is -2.39. The van der Waals surface area contributed by atoms with Crippen LogP contribution in [0.3, 0.4) is 0 Å². The Bertz CT molecular complexity index is 307. The van der Waals surface area contributed by atoms with Crippen LogP contribution in [-0.4, -0.2) is 35.0 Å². The van der Waals surface area contributed by atoms with Crippen LogP contribution in [0.15, 0.2) is 0 Å². The van der Waals surface area contributed by atoms with Crippen molar-refractivity contribution in [3.05, 3.63) is 0 Å². The van der Waals surface area contributed by atoms with Crippen molar-refractivity contribution in [2.45, 2.75) is 64.8 Å². The van der Waals surface area contributed by atoms with Crippen LogP contribution in [0.5, 0.6) is 0 Å². The second kappa shape index (κ2) is 7.51. The molecule has 1 fully saturated rings. The fraction of sp³-hybridized carbons (Fsp3) is 0.867. The van der Waals surface area contributed by atoms with E-state index >= 15 is 0 Å². The molecule has 1 aliphatic rings. The van der Waals surface area contributed by atoms with Crippen LogP contribution in [0.4, 0.5) is 0 Å². The molecular weight excluding hydrogens is 242 g/mol. The summed E-state index contributed by atoms with van der Waals surface area (Å²) in [5.74, 6) is 0.386. The zero-order chi connectivity index (χ0) is 14.4. The Morgan fingerprint density at radius 2 is 1.79 bits per heavy atom. The predicted octanol–water partition coefficient (Wildman–Crippen LogP) is 2.91. The Labute approximate surface area is 116 Å². The summed E-state index contributed by atoms with van der Waals surface area (Å²) < 4.78 is 0. The highest BCUT2D eigenvalue weighted by Gasteiger charge is 2.27. The van der Waals surface area contributed by atoms with Gasteiger partial charge in [-0.2, -0.15) is 0 Å². The van der Waals surface area contributed by atoms with Gasteiger partial charge in [-0.1, -0.05) is 13.8 Å². The summed E-state index contributed by atoms with van der Waals surface area (Å²) in [7, 11) is 1.89. The lowest BCUT2D eigenvalue weighted by Gasteiger charge is -2.34. The van der Waals surface area contributed by atoms with Gasteiger partial charge in [0.15, 0.2) is 0 Å². The zero-order valence-electron chi connectivity index (χ0n) is 12.4. The van der Waals surface area contributed by atoms with Gasteiger partial charge in [0.2, 0.25) is 5.91 Å². The molecule has 0 atom stereocenters. The lowest BCUT2D eigenvalue weighted by atomic mass is 9.83. The maximum atomic E-state index is 12.0. The maximum Gasteiger partial charge on any atom is 0.303 e.